The summed E-state index contributed by atoms with van der Waals surface area (Å²) in [6.07, 6.45) is -4.59. The van der Waals surface area contributed by atoms with Crippen molar-refractivity contribution >= 4 is 45.7 Å². The van der Waals surface area contributed by atoms with Gasteiger partial charge in [0, 0.05) is 5.56 Å². The number of ether oxygens (including phenoxy) is 2. The Bertz CT molecular complexity index is 1150. The summed E-state index contributed by atoms with van der Waals surface area (Å²) in [5.74, 6) is -0.422. The molecule has 0 aliphatic heterocycles. The summed E-state index contributed by atoms with van der Waals surface area (Å²) >= 11 is 2.00. The molecule has 0 unspecified atom stereocenters. The molecule has 0 aliphatic carbocycles. The van der Waals surface area contributed by atoms with E-state index < -0.39 is 23.6 Å². The highest BCUT2D eigenvalue weighted by Gasteiger charge is 2.33. The smallest absolute Gasteiger partial charge is 0.418 e. The molecule has 2 aromatic carbocycles. The van der Waals surface area contributed by atoms with Gasteiger partial charge in [-0.15, -0.1) is 10.2 Å². The van der Waals surface area contributed by atoms with Crippen LogP contribution in [0.4, 0.5) is 24.0 Å². The fraction of sp³-hybridized carbons (Fsp3) is 0.200. The molecule has 3 rings (SSSR count). The van der Waals surface area contributed by atoms with E-state index in [4.69, 9.17) is 9.47 Å². The molecule has 13 heteroatoms. The molecule has 0 saturated carbocycles. The van der Waals surface area contributed by atoms with E-state index in [0.29, 0.717) is 21.4 Å². The second-order valence-electron chi connectivity index (χ2n) is 6.28. The van der Waals surface area contributed by atoms with Crippen molar-refractivity contribution in [3.63, 3.8) is 0 Å². The molecule has 33 heavy (non-hydrogen) atoms. The van der Waals surface area contributed by atoms with Crippen molar-refractivity contribution in [1.29, 1.82) is 0 Å². The Morgan fingerprint density at radius 3 is 2.45 bits per heavy atom. The predicted molar refractivity (Wildman–Crippen MR) is 118 cm³/mol. The summed E-state index contributed by atoms with van der Waals surface area (Å²) in [4.78, 5) is 24.6. The summed E-state index contributed by atoms with van der Waals surface area (Å²) in [5, 5.41) is 12.8. The van der Waals surface area contributed by atoms with E-state index in [-0.39, 0.29) is 16.6 Å². The van der Waals surface area contributed by atoms with Crippen LogP contribution in [0.15, 0.2) is 46.8 Å². The number of benzene rings is 2. The average Bonchev–Trinajstić information content (AvgIpc) is 3.24. The third kappa shape index (κ3) is 6.35. The van der Waals surface area contributed by atoms with Gasteiger partial charge in [-0.25, -0.2) is 0 Å². The molecule has 2 N–H and O–H groups in total. The second kappa shape index (κ2) is 10.5. The van der Waals surface area contributed by atoms with Gasteiger partial charge >= 0.3 is 6.18 Å². The predicted octanol–water partition coefficient (Wildman–Crippen LogP) is 4.56. The maximum absolute atomic E-state index is 13.0. The van der Waals surface area contributed by atoms with Crippen LogP contribution < -0.4 is 20.1 Å². The number of nitrogens with one attached hydrogen (secondary N) is 2. The van der Waals surface area contributed by atoms with Gasteiger partial charge in [0.2, 0.25) is 11.0 Å². The highest BCUT2D eigenvalue weighted by atomic mass is 32.2. The minimum atomic E-state index is -4.59. The summed E-state index contributed by atoms with van der Waals surface area (Å²) in [5.41, 5.74) is -0.949. The molecule has 0 atom stereocenters. The number of hydrogen-bond acceptors (Lipinski definition) is 8. The van der Waals surface area contributed by atoms with Crippen LogP contribution in [0.3, 0.4) is 0 Å². The monoisotopic (exact) mass is 498 g/mol. The van der Waals surface area contributed by atoms with Crippen LogP contribution in [0.2, 0.25) is 0 Å². The van der Waals surface area contributed by atoms with Crippen LogP contribution in [0.1, 0.15) is 15.9 Å². The van der Waals surface area contributed by atoms with Gasteiger partial charge in [-0.3, -0.25) is 14.9 Å². The third-order valence-electron chi connectivity index (χ3n) is 4.11. The average molecular weight is 499 g/mol. The lowest BCUT2D eigenvalue weighted by molar-refractivity contribution is -0.137. The molecule has 1 aromatic heterocycles. The third-order valence-corrected chi connectivity index (χ3v) is 6.08. The van der Waals surface area contributed by atoms with E-state index in [0.717, 1.165) is 29.2 Å². The van der Waals surface area contributed by atoms with Crippen LogP contribution in [-0.4, -0.2) is 42.0 Å². The van der Waals surface area contributed by atoms with Crippen LogP contribution in [0.5, 0.6) is 11.5 Å². The quantitative estimate of drug-likeness (QED) is 0.347. The van der Waals surface area contributed by atoms with Crippen molar-refractivity contribution in [3.05, 3.63) is 53.6 Å². The first-order valence-electron chi connectivity index (χ1n) is 9.17. The van der Waals surface area contributed by atoms with Crippen LogP contribution in [0.25, 0.3) is 0 Å². The maximum atomic E-state index is 13.0. The zero-order valence-corrected chi connectivity index (χ0v) is 18.9. The topological polar surface area (TPSA) is 102 Å². The maximum Gasteiger partial charge on any atom is 0.418 e. The molecular formula is C20H17F3N4O4S2. The fourth-order valence-corrected chi connectivity index (χ4v) is 4.17. The van der Waals surface area contributed by atoms with Crippen molar-refractivity contribution in [2.75, 3.05) is 30.6 Å². The van der Waals surface area contributed by atoms with E-state index >= 15 is 0 Å². The molecule has 0 spiro atoms. The lowest BCUT2D eigenvalue weighted by Crippen LogP contribution is -2.18. The zero-order valence-electron chi connectivity index (χ0n) is 17.2. The number of carbonyl (C=O) groups is 2. The number of amides is 2. The number of alkyl halides is 3. The molecular weight excluding hydrogens is 481 g/mol. The minimum Gasteiger partial charge on any atom is -0.493 e. The molecule has 8 nitrogen and oxygen atoms in total. The Labute approximate surface area is 194 Å². The molecule has 0 aliphatic rings. The van der Waals surface area contributed by atoms with Gasteiger partial charge in [0.05, 0.1) is 31.2 Å². The van der Waals surface area contributed by atoms with Gasteiger partial charge in [0.1, 0.15) is 0 Å². The zero-order chi connectivity index (χ0) is 24.0. The minimum absolute atomic E-state index is 0.190. The first kappa shape index (κ1) is 24.3. The van der Waals surface area contributed by atoms with Crippen LogP contribution in [-0.2, 0) is 11.0 Å². The van der Waals surface area contributed by atoms with Crippen molar-refractivity contribution in [2.24, 2.45) is 0 Å². The van der Waals surface area contributed by atoms with Gasteiger partial charge in [0.25, 0.3) is 5.91 Å². The summed E-state index contributed by atoms with van der Waals surface area (Å²) < 4.78 is 49.8. The normalized spacial score (nSPS) is 11.1. The number of rotatable bonds is 8. The number of anilines is 2. The van der Waals surface area contributed by atoms with E-state index in [9.17, 15) is 22.8 Å². The number of hydrogen-bond donors (Lipinski definition) is 2. The second-order valence-corrected chi connectivity index (χ2v) is 8.48. The highest BCUT2D eigenvalue weighted by Crippen LogP contribution is 2.35. The first-order valence-corrected chi connectivity index (χ1v) is 11.0. The SMILES string of the molecule is COc1ccc(C(=O)Nc2nnc(SCC(=O)Nc3ccccc3C(F)(F)F)s2)cc1OC. The number of carbonyl (C=O) groups excluding carboxylic acids is 2. The van der Waals surface area contributed by atoms with Gasteiger partial charge < -0.3 is 14.8 Å². The number of nitrogens with zero attached hydrogens (tertiary/aromatic N) is 2. The number of methoxy groups -OCH3 is 2. The van der Waals surface area contributed by atoms with Crippen molar-refractivity contribution < 1.29 is 32.2 Å². The Morgan fingerprint density at radius 1 is 1.03 bits per heavy atom. The van der Waals surface area contributed by atoms with E-state index in [1.165, 1.54) is 38.5 Å². The molecule has 1 heterocycles. The Morgan fingerprint density at radius 2 is 1.76 bits per heavy atom. The molecule has 174 valence electrons. The van der Waals surface area contributed by atoms with Gasteiger partial charge in [-0.1, -0.05) is 35.2 Å². The largest absolute Gasteiger partial charge is 0.493 e. The van der Waals surface area contributed by atoms with Gasteiger partial charge in [-0.05, 0) is 30.3 Å². The lowest BCUT2D eigenvalue weighted by atomic mass is 10.1. The Hall–Kier alpha value is -3.32. The Balaban J connectivity index is 1.57. The van der Waals surface area contributed by atoms with Crippen LogP contribution >= 0.6 is 23.1 Å². The van der Waals surface area contributed by atoms with Gasteiger partial charge in [-0.2, -0.15) is 13.2 Å². The van der Waals surface area contributed by atoms with Crippen molar-refractivity contribution in [3.8, 4) is 11.5 Å². The number of para-hydroxylation sites is 1. The lowest BCUT2D eigenvalue weighted by Gasteiger charge is -2.13. The fourth-order valence-electron chi connectivity index (χ4n) is 2.62. The van der Waals surface area contributed by atoms with E-state index in [1.807, 2.05) is 0 Å². The highest BCUT2D eigenvalue weighted by molar-refractivity contribution is 8.01. The molecule has 2 amide bonds. The molecule has 3 aromatic rings. The van der Waals surface area contributed by atoms with Crippen molar-refractivity contribution in [2.45, 2.75) is 10.5 Å². The Kier molecular flexibility index (Phi) is 7.76. The van der Waals surface area contributed by atoms with E-state index in [2.05, 4.69) is 20.8 Å². The summed E-state index contributed by atoms with van der Waals surface area (Å²) in [6.45, 7) is 0. The first-order chi connectivity index (χ1) is 15.7. The number of thioether (sulfide) groups is 1. The standard InChI is InChI=1S/C20H17F3N4O4S2/c1-30-14-8-7-11(9-15(14)31-2)17(29)25-18-26-27-19(33-18)32-10-16(28)24-13-6-4-3-5-12(13)20(21,22)23/h3-9H,10H2,1-2H3,(H,24,28)(H,25,26,29). The van der Waals surface area contributed by atoms with Crippen molar-refractivity contribution in [1.82, 2.24) is 10.2 Å². The molecule has 0 radical (unpaired) electrons. The summed E-state index contributed by atoms with van der Waals surface area (Å²) in [6, 6.07) is 9.36. The molecule has 0 saturated heterocycles. The number of aromatic nitrogens is 2. The van der Waals surface area contributed by atoms with Crippen LogP contribution in [0, 0.1) is 0 Å². The molecule has 0 fully saturated rings. The summed E-state index contributed by atoms with van der Waals surface area (Å²) in [7, 11) is 2.93. The van der Waals surface area contributed by atoms with E-state index in [1.54, 1.807) is 12.1 Å². The molecule has 0 bridgehead atoms. The number of halogens is 3. The van der Waals surface area contributed by atoms with Gasteiger partial charge in [0.15, 0.2) is 15.8 Å².